The summed E-state index contributed by atoms with van der Waals surface area (Å²) in [6.07, 6.45) is 0.952. The van der Waals surface area contributed by atoms with Crippen LogP contribution in [0.15, 0.2) is 11.6 Å². The number of piperidine rings is 1. The molecular formula is C9H10N2O3S. The molecule has 5 nitrogen and oxygen atoms in total. The summed E-state index contributed by atoms with van der Waals surface area (Å²) in [5, 5.41) is 11.3. The molecule has 0 spiro atoms. The molecule has 1 fully saturated rings. The summed E-state index contributed by atoms with van der Waals surface area (Å²) in [4.78, 5) is 27.7. The van der Waals surface area contributed by atoms with Crippen LogP contribution in [0.1, 0.15) is 17.3 Å². The van der Waals surface area contributed by atoms with Crippen molar-refractivity contribution in [2.75, 3.05) is 13.1 Å². The van der Waals surface area contributed by atoms with Crippen molar-refractivity contribution in [2.24, 2.45) is 0 Å². The molecular weight excluding hydrogens is 216 g/mol. The number of carboxylic acid groups (broad SMARTS) is 1. The van der Waals surface area contributed by atoms with Crippen molar-refractivity contribution in [3.8, 4) is 0 Å². The van der Waals surface area contributed by atoms with Gasteiger partial charge in [-0.2, -0.15) is 0 Å². The van der Waals surface area contributed by atoms with Crippen LogP contribution >= 0.6 is 11.3 Å². The number of aromatic nitrogens is 1. The van der Waals surface area contributed by atoms with E-state index in [4.69, 9.17) is 5.11 Å². The van der Waals surface area contributed by atoms with Gasteiger partial charge in [0.05, 0.1) is 5.92 Å². The Morgan fingerprint density at radius 1 is 1.67 bits per heavy atom. The summed E-state index contributed by atoms with van der Waals surface area (Å²) >= 11 is 1.40. The zero-order chi connectivity index (χ0) is 10.8. The summed E-state index contributed by atoms with van der Waals surface area (Å²) in [5.41, 5.74) is 0. The van der Waals surface area contributed by atoms with Gasteiger partial charge < -0.3 is 10.0 Å². The average molecular weight is 226 g/mol. The summed E-state index contributed by atoms with van der Waals surface area (Å²) < 4.78 is 0. The first-order valence-electron chi connectivity index (χ1n) is 4.58. The number of carbonyl (C=O) groups excluding carboxylic acids is 1. The summed E-state index contributed by atoms with van der Waals surface area (Å²) in [6.45, 7) is 0.539. The predicted octanol–water partition coefficient (Wildman–Crippen LogP) is 1.18. The van der Waals surface area contributed by atoms with Crippen molar-refractivity contribution in [3.63, 3.8) is 0 Å². The van der Waals surface area contributed by atoms with E-state index in [1.807, 2.05) is 0 Å². The Morgan fingerprint density at radius 2 is 2.47 bits per heavy atom. The molecule has 15 heavy (non-hydrogen) atoms. The van der Waals surface area contributed by atoms with E-state index in [-0.39, 0.29) is 24.7 Å². The molecule has 1 saturated heterocycles. The highest BCUT2D eigenvalue weighted by molar-refractivity contribution is 7.09. The first kappa shape index (κ1) is 10.1. The lowest BCUT2D eigenvalue weighted by atomic mass is 9.97. The number of nitrogens with zero attached hydrogens (tertiary/aromatic N) is 2. The third-order valence-corrected chi connectivity index (χ3v) is 3.33. The van der Waals surface area contributed by atoms with E-state index in [0.717, 1.165) is 0 Å². The molecule has 2 heterocycles. The van der Waals surface area contributed by atoms with Gasteiger partial charge in [0.15, 0.2) is 0 Å². The fourth-order valence-electron chi connectivity index (χ4n) is 1.63. The molecule has 0 aliphatic carbocycles. The summed E-state index contributed by atoms with van der Waals surface area (Å²) in [6, 6.07) is 0. The van der Waals surface area contributed by atoms with Crippen LogP contribution in [0.5, 0.6) is 0 Å². The Balaban J connectivity index is 2.16. The van der Waals surface area contributed by atoms with Crippen LogP contribution in [-0.4, -0.2) is 40.0 Å². The Bertz CT molecular complexity index is 377. The molecule has 2 rings (SSSR count). The van der Waals surface area contributed by atoms with Crippen LogP contribution in [0, 0.1) is 0 Å². The van der Waals surface area contributed by atoms with Crippen molar-refractivity contribution >= 4 is 23.2 Å². The maximum Gasteiger partial charge on any atom is 0.407 e. The van der Waals surface area contributed by atoms with E-state index in [2.05, 4.69) is 4.98 Å². The molecule has 1 unspecified atom stereocenters. The van der Waals surface area contributed by atoms with Crippen molar-refractivity contribution < 1.29 is 14.7 Å². The molecule has 1 atom stereocenters. The highest BCUT2D eigenvalue weighted by atomic mass is 32.1. The quantitative estimate of drug-likeness (QED) is 0.780. The summed E-state index contributed by atoms with van der Waals surface area (Å²) in [7, 11) is 0. The second-order valence-corrected chi connectivity index (χ2v) is 4.29. The van der Waals surface area contributed by atoms with Gasteiger partial charge in [-0.05, 0) is 0 Å². The number of thiazole rings is 1. The molecule has 1 aromatic rings. The number of carbonyl (C=O) groups is 2. The number of amides is 1. The monoisotopic (exact) mass is 226 g/mol. The van der Waals surface area contributed by atoms with E-state index >= 15 is 0 Å². The first-order chi connectivity index (χ1) is 7.18. The van der Waals surface area contributed by atoms with E-state index in [1.165, 1.54) is 16.2 Å². The average Bonchev–Trinajstić information content (AvgIpc) is 2.71. The second kappa shape index (κ2) is 3.98. The number of likely N-dealkylation sites (tertiary alicyclic amines) is 1. The maximum atomic E-state index is 11.6. The molecule has 0 radical (unpaired) electrons. The molecule has 0 aromatic carbocycles. The van der Waals surface area contributed by atoms with Gasteiger partial charge >= 0.3 is 6.09 Å². The molecule has 1 amide bonds. The van der Waals surface area contributed by atoms with Crippen molar-refractivity contribution in [2.45, 2.75) is 12.3 Å². The molecule has 1 N–H and O–H groups in total. The minimum atomic E-state index is -0.968. The van der Waals surface area contributed by atoms with E-state index < -0.39 is 6.09 Å². The zero-order valence-electron chi connectivity index (χ0n) is 7.92. The highest BCUT2D eigenvalue weighted by Crippen LogP contribution is 2.25. The van der Waals surface area contributed by atoms with Gasteiger partial charge in [0.1, 0.15) is 10.8 Å². The van der Waals surface area contributed by atoms with E-state index in [9.17, 15) is 9.59 Å². The number of hydrogen-bond donors (Lipinski definition) is 1. The normalized spacial score (nSPS) is 21.7. The Morgan fingerprint density at radius 3 is 3.07 bits per heavy atom. The zero-order valence-corrected chi connectivity index (χ0v) is 8.74. The molecule has 6 heteroatoms. The molecule has 1 aromatic heterocycles. The third-order valence-electron chi connectivity index (χ3n) is 2.44. The fraction of sp³-hybridized carbons (Fsp3) is 0.444. The van der Waals surface area contributed by atoms with Gasteiger partial charge in [-0.25, -0.2) is 9.78 Å². The van der Waals surface area contributed by atoms with Crippen LogP contribution in [-0.2, 0) is 4.79 Å². The van der Waals surface area contributed by atoms with Gasteiger partial charge in [0, 0.05) is 31.1 Å². The first-order valence-corrected chi connectivity index (χ1v) is 5.46. The summed E-state index contributed by atoms with van der Waals surface area (Å²) in [5.74, 6) is -0.280. The van der Waals surface area contributed by atoms with Crippen LogP contribution < -0.4 is 0 Å². The third kappa shape index (κ3) is 1.99. The van der Waals surface area contributed by atoms with Crippen molar-refractivity contribution in [1.82, 2.24) is 9.88 Å². The fourth-order valence-corrected chi connectivity index (χ4v) is 2.38. The largest absolute Gasteiger partial charge is 0.465 e. The SMILES string of the molecule is O=C1CCN(C(=O)O)CC1c1nccs1. The van der Waals surface area contributed by atoms with Crippen LogP contribution in [0.4, 0.5) is 4.79 Å². The van der Waals surface area contributed by atoms with Gasteiger partial charge in [-0.1, -0.05) is 0 Å². The number of ketones is 1. The van der Waals surface area contributed by atoms with Crippen molar-refractivity contribution in [3.05, 3.63) is 16.6 Å². The molecule has 80 valence electrons. The van der Waals surface area contributed by atoms with Crippen LogP contribution in [0.3, 0.4) is 0 Å². The van der Waals surface area contributed by atoms with Crippen LogP contribution in [0.25, 0.3) is 0 Å². The lowest BCUT2D eigenvalue weighted by Crippen LogP contribution is -2.42. The Labute approximate surface area is 90.4 Å². The van der Waals surface area contributed by atoms with Crippen LogP contribution in [0.2, 0.25) is 0 Å². The van der Waals surface area contributed by atoms with Gasteiger partial charge in [-0.3, -0.25) is 4.79 Å². The lowest BCUT2D eigenvalue weighted by Gasteiger charge is -2.28. The Hall–Kier alpha value is -1.43. The Kier molecular flexibility index (Phi) is 2.68. The molecule has 0 bridgehead atoms. The predicted molar refractivity (Wildman–Crippen MR) is 54.1 cm³/mol. The smallest absolute Gasteiger partial charge is 0.407 e. The minimum absolute atomic E-state index is 0.0856. The van der Waals surface area contributed by atoms with Crippen molar-refractivity contribution in [1.29, 1.82) is 0 Å². The highest BCUT2D eigenvalue weighted by Gasteiger charge is 2.32. The maximum absolute atomic E-state index is 11.6. The van der Waals surface area contributed by atoms with Gasteiger partial charge in [-0.15, -0.1) is 11.3 Å². The van der Waals surface area contributed by atoms with Gasteiger partial charge in [0.2, 0.25) is 0 Å². The number of hydrogen-bond acceptors (Lipinski definition) is 4. The topological polar surface area (TPSA) is 70.5 Å². The standard InChI is InChI=1S/C9H10N2O3S/c12-7-1-3-11(9(13)14)5-6(7)8-10-2-4-15-8/h2,4,6H,1,3,5H2,(H,13,14). The minimum Gasteiger partial charge on any atom is -0.465 e. The molecule has 1 aliphatic heterocycles. The van der Waals surface area contributed by atoms with E-state index in [0.29, 0.717) is 11.6 Å². The number of Topliss-reactive ketones (excluding diaryl/α,β-unsaturated/α-hetero) is 1. The molecule has 0 saturated carbocycles. The molecule has 1 aliphatic rings. The van der Waals surface area contributed by atoms with Gasteiger partial charge in [0.25, 0.3) is 0 Å². The number of rotatable bonds is 1. The lowest BCUT2D eigenvalue weighted by molar-refractivity contribution is -0.122. The second-order valence-electron chi connectivity index (χ2n) is 3.37. The van der Waals surface area contributed by atoms with E-state index in [1.54, 1.807) is 11.6 Å².